The van der Waals surface area contributed by atoms with Gasteiger partial charge >= 0.3 is 5.97 Å². The minimum Gasteiger partial charge on any atom is -0.480 e. The fourth-order valence-corrected chi connectivity index (χ4v) is 0.293. The Bertz CT molecular complexity index is 81.9. The van der Waals surface area contributed by atoms with Gasteiger partial charge in [-0.15, -0.1) is 0 Å². The second-order valence-electron chi connectivity index (χ2n) is 1.36. The van der Waals surface area contributed by atoms with Gasteiger partial charge in [-0.25, -0.2) is 0 Å². The van der Waals surface area contributed by atoms with Crippen molar-refractivity contribution in [2.75, 3.05) is 13.7 Å². The van der Waals surface area contributed by atoms with Crippen LogP contribution in [0.2, 0.25) is 0 Å². The van der Waals surface area contributed by atoms with Crippen molar-refractivity contribution in [1.82, 2.24) is 11.5 Å². The molecule has 0 aliphatic carbocycles. The summed E-state index contributed by atoms with van der Waals surface area (Å²) >= 11 is 0. The monoisotopic (exact) mass is 133 g/mol. The third-order valence-electron chi connectivity index (χ3n) is 0.829. The second kappa shape index (κ2) is 5.49. The normalized spacial score (nSPS) is 11.8. The summed E-state index contributed by atoms with van der Waals surface area (Å²) in [5.41, 5.74) is 0. The van der Waals surface area contributed by atoms with Crippen LogP contribution >= 0.6 is 0 Å². The van der Waals surface area contributed by atoms with Gasteiger partial charge in [-0.3, -0.25) is 4.79 Å². The zero-order valence-electron chi connectivity index (χ0n) is 5.03. The van der Waals surface area contributed by atoms with Crippen molar-refractivity contribution in [3.8, 4) is 0 Å². The quantitative estimate of drug-likeness (QED) is 0.421. The van der Waals surface area contributed by atoms with Crippen molar-refractivity contribution in [1.29, 1.82) is 0 Å². The summed E-state index contributed by atoms with van der Waals surface area (Å²) in [5.74, 6) is -1.03. The molecule has 5 nitrogen and oxygen atoms in total. The molecule has 5 heteroatoms. The summed E-state index contributed by atoms with van der Waals surface area (Å²) < 4.78 is 0. The summed E-state index contributed by atoms with van der Waals surface area (Å²) in [5, 5.41) is 18.8. The van der Waals surface area contributed by atoms with E-state index < -0.39 is 12.0 Å². The van der Waals surface area contributed by atoms with E-state index in [-0.39, 0.29) is 12.8 Å². The van der Waals surface area contributed by atoms with E-state index in [1.165, 1.54) is 7.05 Å². The third-order valence-corrected chi connectivity index (χ3v) is 0.829. The molecule has 0 bridgehead atoms. The van der Waals surface area contributed by atoms with E-state index in [0.717, 1.165) is 0 Å². The standard InChI is InChI=1S/C4H9NO3.N/c1-5-3(2-6)4(7)8;/h3,5-6H,2H2,1H3,(H,7,8);/t3-;/m0./s1. The zero-order chi connectivity index (χ0) is 6.57. The van der Waals surface area contributed by atoms with Crippen molar-refractivity contribution in [2.24, 2.45) is 0 Å². The fourth-order valence-electron chi connectivity index (χ4n) is 0.293. The van der Waals surface area contributed by atoms with Gasteiger partial charge in [0.25, 0.3) is 0 Å². The number of hydrogen-bond donors (Lipinski definition) is 3. The van der Waals surface area contributed by atoms with Crippen LogP contribution in [0.25, 0.3) is 0 Å². The number of carbonyl (C=O) groups is 1. The van der Waals surface area contributed by atoms with Crippen molar-refractivity contribution in [2.45, 2.75) is 6.04 Å². The number of carboxylic acid groups (broad SMARTS) is 1. The third kappa shape index (κ3) is 3.89. The Morgan fingerprint density at radius 1 is 1.78 bits per heavy atom. The first kappa shape index (κ1) is 11.2. The van der Waals surface area contributed by atoms with Gasteiger partial charge in [-0.05, 0) is 7.05 Å². The number of nitrogens with zero attached hydrogens (tertiary/aromatic N) is 1. The van der Waals surface area contributed by atoms with E-state index in [4.69, 9.17) is 10.2 Å². The molecule has 0 unspecified atom stereocenters. The highest BCUT2D eigenvalue weighted by atomic mass is 16.4. The van der Waals surface area contributed by atoms with E-state index in [9.17, 15) is 4.79 Å². The molecule has 0 aliphatic rings. The van der Waals surface area contributed by atoms with Crippen molar-refractivity contribution in [3.05, 3.63) is 0 Å². The molecule has 9 heavy (non-hydrogen) atoms. The van der Waals surface area contributed by atoms with Crippen LogP contribution in [0.4, 0.5) is 0 Å². The second-order valence-corrected chi connectivity index (χ2v) is 1.36. The molecule has 0 saturated carbocycles. The number of hydrogen-bond acceptors (Lipinski definition) is 3. The lowest BCUT2D eigenvalue weighted by Crippen LogP contribution is -2.36. The van der Waals surface area contributed by atoms with Crippen molar-refractivity contribution in [3.63, 3.8) is 0 Å². The van der Waals surface area contributed by atoms with Crippen LogP contribution in [0.1, 0.15) is 0 Å². The Labute approximate surface area is 53.3 Å². The molecule has 1 atom stereocenters. The highest BCUT2D eigenvalue weighted by molar-refractivity contribution is 5.73. The van der Waals surface area contributed by atoms with Crippen LogP contribution < -0.4 is 11.5 Å². The van der Waals surface area contributed by atoms with Crippen LogP contribution in [0.15, 0.2) is 0 Å². The average molecular weight is 133 g/mol. The zero-order valence-corrected chi connectivity index (χ0v) is 5.03. The van der Waals surface area contributed by atoms with Gasteiger partial charge in [-0.1, -0.05) is 0 Å². The van der Waals surface area contributed by atoms with Crippen LogP contribution in [-0.4, -0.2) is 35.9 Å². The molecular formula is C4H9N2O3. The maximum absolute atomic E-state index is 9.94. The molecular weight excluding hydrogens is 124 g/mol. The van der Waals surface area contributed by atoms with Crippen LogP contribution in [-0.2, 0) is 4.79 Å². The minimum atomic E-state index is -1.03. The number of rotatable bonds is 3. The Morgan fingerprint density at radius 2 is 2.22 bits per heavy atom. The van der Waals surface area contributed by atoms with E-state index in [0.29, 0.717) is 0 Å². The summed E-state index contributed by atoms with van der Waals surface area (Å²) in [7, 11) is 1.48. The molecule has 0 aromatic rings. The molecule has 0 rings (SSSR count). The molecule has 0 aliphatic heterocycles. The van der Waals surface area contributed by atoms with E-state index in [2.05, 4.69) is 5.32 Å². The van der Waals surface area contributed by atoms with Gasteiger partial charge in [0.15, 0.2) is 0 Å². The van der Waals surface area contributed by atoms with E-state index in [1.54, 1.807) is 0 Å². The lowest BCUT2D eigenvalue weighted by atomic mass is 10.3. The maximum atomic E-state index is 9.94. The molecule has 0 heterocycles. The molecule has 3 radical (unpaired) electrons. The smallest absolute Gasteiger partial charge is 0.323 e. The van der Waals surface area contributed by atoms with Gasteiger partial charge in [0, 0.05) is 6.15 Å². The number of nitrogens with one attached hydrogen (secondary N) is 1. The van der Waals surface area contributed by atoms with E-state index in [1.807, 2.05) is 0 Å². The predicted molar refractivity (Wildman–Crippen MR) is 29.7 cm³/mol. The topological polar surface area (TPSA) is 100 Å². The molecule has 0 amide bonds. The summed E-state index contributed by atoms with van der Waals surface area (Å²) in [6, 6.07) is -0.824. The largest absolute Gasteiger partial charge is 0.480 e. The average Bonchev–Trinajstić information content (AvgIpc) is 1.69. The van der Waals surface area contributed by atoms with Gasteiger partial charge in [0.05, 0.1) is 6.61 Å². The van der Waals surface area contributed by atoms with E-state index >= 15 is 0 Å². The van der Waals surface area contributed by atoms with Crippen LogP contribution in [0, 0.1) is 0 Å². The summed E-state index contributed by atoms with van der Waals surface area (Å²) in [4.78, 5) is 9.94. The van der Waals surface area contributed by atoms with Crippen molar-refractivity contribution < 1.29 is 15.0 Å². The minimum absolute atomic E-state index is 0. The maximum Gasteiger partial charge on any atom is 0.323 e. The van der Waals surface area contributed by atoms with Crippen LogP contribution in [0.3, 0.4) is 0 Å². The Balaban J connectivity index is 0. The molecule has 0 aromatic carbocycles. The lowest BCUT2D eigenvalue weighted by Gasteiger charge is -2.04. The molecule has 53 valence electrons. The molecule has 0 saturated heterocycles. The first-order valence-corrected chi connectivity index (χ1v) is 2.23. The fraction of sp³-hybridized carbons (Fsp3) is 0.750. The number of aliphatic hydroxyl groups excluding tert-OH is 1. The van der Waals surface area contributed by atoms with Gasteiger partial charge < -0.3 is 15.5 Å². The Morgan fingerprint density at radius 3 is 2.22 bits per heavy atom. The number of aliphatic hydroxyl groups is 1. The predicted octanol–water partition coefficient (Wildman–Crippen LogP) is -1.83. The highest BCUT2D eigenvalue weighted by Gasteiger charge is 2.11. The molecule has 0 aromatic heterocycles. The number of likely N-dealkylation sites (N-methyl/N-ethyl adjacent to an activating group) is 1. The first-order valence-electron chi connectivity index (χ1n) is 2.23. The highest BCUT2D eigenvalue weighted by Crippen LogP contribution is 1.76. The summed E-state index contributed by atoms with van der Waals surface area (Å²) in [6.45, 7) is -0.369. The van der Waals surface area contributed by atoms with Gasteiger partial charge in [-0.2, -0.15) is 0 Å². The SMILES string of the molecule is CN[C@@H](CO)C(=O)O.[N]. The lowest BCUT2D eigenvalue weighted by molar-refractivity contribution is -0.140. The van der Waals surface area contributed by atoms with Gasteiger partial charge in [0.1, 0.15) is 6.04 Å². The summed E-state index contributed by atoms with van der Waals surface area (Å²) in [6.07, 6.45) is 0. The molecule has 0 spiro atoms. The number of aliphatic carboxylic acids is 1. The van der Waals surface area contributed by atoms with Gasteiger partial charge in [0.2, 0.25) is 0 Å². The Kier molecular flexibility index (Phi) is 6.82. The van der Waals surface area contributed by atoms with Crippen LogP contribution in [0.5, 0.6) is 0 Å². The molecule has 3 N–H and O–H groups in total. The van der Waals surface area contributed by atoms with Crippen molar-refractivity contribution >= 4 is 5.97 Å². The first-order chi connectivity index (χ1) is 3.72. The Hall–Kier alpha value is -0.650. The number of carboxylic acids is 1. The molecule has 0 fully saturated rings.